The highest BCUT2D eigenvalue weighted by Crippen LogP contribution is 2.16. The smallest absolute Gasteiger partial charge is 0.314 e. The van der Waals surface area contributed by atoms with Crippen molar-refractivity contribution >= 4 is 28.1 Å². The minimum atomic E-state index is -0.648. The van der Waals surface area contributed by atoms with Gasteiger partial charge in [-0.3, -0.25) is 9.59 Å². The molecule has 0 spiro atoms. The molecule has 102 valence electrons. The summed E-state index contributed by atoms with van der Waals surface area (Å²) in [6.07, 6.45) is 0. The van der Waals surface area contributed by atoms with E-state index in [0.717, 1.165) is 16.4 Å². The van der Waals surface area contributed by atoms with Gasteiger partial charge in [0.25, 0.3) is 0 Å². The van der Waals surface area contributed by atoms with Crippen LogP contribution in [0.3, 0.4) is 0 Å². The topological polar surface area (TPSA) is 90.6 Å². The lowest BCUT2D eigenvalue weighted by molar-refractivity contribution is 1.07. The van der Waals surface area contributed by atoms with Gasteiger partial charge in [-0.15, -0.1) is 11.3 Å². The Kier molecular flexibility index (Phi) is 3.11. The number of aromatic amines is 2. The summed E-state index contributed by atoms with van der Waals surface area (Å²) in [5, 5.41) is 6.23. The number of anilines is 1. The fourth-order valence-electron chi connectivity index (χ4n) is 1.89. The van der Waals surface area contributed by atoms with Crippen LogP contribution < -0.4 is 16.4 Å². The van der Waals surface area contributed by atoms with Crippen molar-refractivity contribution in [1.29, 1.82) is 0 Å². The van der Waals surface area contributed by atoms with Crippen molar-refractivity contribution in [2.24, 2.45) is 0 Å². The van der Waals surface area contributed by atoms with Gasteiger partial charge < -0.3 is 15.3 Å². The molecule has 0 radical (unpaired) electrons. The van der Waals surface area contributed by atoms with Crippen LogP contribution in [0.4, 0.5) is 5.69 Å². The van der Waals surface area contributed by atoms with Gasteiger partial charge in [0.05, 0.1) is 17.6 Å². The minimum Gasteiger partial charge on any atom is -0.378 e. The Morgan fingerprint density at radius 1 is 1.20 bits per heavy atom. The van der Waals surface area contributed by atoms with E-state index in [2.05, 4.69) is 20.3 Å². The lowest BCUT2D eigenvalue weighted by atomic mass is 10.2. The van der Waals surface area contributed by atoms with Crippen LogP contribution in [0, 0.1) is 6.92 Å². The molecule has 3 aromatic rings. The number of benzene rings is 1. The first-order valence-corrected chi connectivity index (χ1v) is 6.91. The van der Waals surface area contributed by atoms with Crippen LogP contribution in [-0.2, 0) is 6.54 Å². The van der Waals surface area contributed by atoms with Gasteiger partial charge >= 0.3 is 11.1 Å². The minimum absolute atomic E-state index is 0.593. The second-order valence-corrected chi connectivity index (χ2v) is 5.35. The third-order valence-corrected chi connectivity index (χ3v) is 3.80. The maximum Gasteiger partial charge on any atom is 0.314 e. The summed E-state index contributed by atoms with van der Waals surface area (Å²) in [7, 11) is 0. The average molecular weight is 288 g/mol. The van der Waals surface area contributed by atoms with E-state index >= 15 is 0 Å². The van der Waals surface area contributed by atoms with Crippen molar-refractivity contribution in [2.75, 3.05) is 5.32 Å². The first kappa shape index (κ1) is 12.6. The van der Waals surface area contributed by atoms with Crippen LogP contribution in [0.15, 0.2) is 33.2 Å². The molecule has 0 aliphatic heterocycles. The highest BCUT2D eigenvalue weighted by atomic mass is 32.1. The van der Waals surface area contributed by atoms with Gasteiger partial charge in [0.2, 0.25) is 0 Å². The molecule has 0 unspecified atom stereocenters. The number of thiazole rings is 1. The van der Waals surface area contributed by atoms with Gasteiger partial charge in [-0.1, -0.05) is 0 Å². The summed E-state index contributed by atoms with van der Waals surface area (Å²) in [5.41, 5.74) is 1.77. The lowest BCUT2D eigenvalue weighted by Crippen LogP contribution is -2.28. The summed E-state index contributed by atoms with van der Waals surface area (Å²) < 4.78 is 0. The summed E-state index contributed by atoms with van der Waals surface area (Å²) >= 11 is 1.60. The van der Waals surface area contributed by atoms with Crippen molar-refractivity contribution in [3.63, 3.8) is 0 Å². The fourth-order valence-corrected chi connectivity index (χ4v) is 2.60. The van der Waals surface area contributed by atoms with Gasteiger partial charge in [-0.25, -0.2) is 4.98 Å². The Morgan fingerprint density at radius 2 is 1.95 bits per heavy atom. The third kappa shape index (κ3) is 2.48. The number of nitrogens with one attached hydrogen (secondary N) is 3. The Bertz CT molecular complexity index is 878. The molecule has 0 atom stereocenters. The molecule has 0 bridgehead atoms. The van der Waals surface area contributed by atoms with Crippen molar-refractivity contribution in [2.45, 2.75) is 13.5 Å². The Balaban J connectivity index is 1.87. The molecule has 0 saturated heterocycles. The van der Waals surface area contributed by atoms with Crippen LogP contribution in [0.1, 0.15) is 10.7 Å². The Morgan fingerprint density at radius 3 is 2.65 bits per heavy atom. The quantitative estimate of drug-likeness (QED) is 0.638. The average Bonchev–Trinajstić information content (AvgIpc) is 2.84. The standard InChI is InChI=1S/C13H12N4O2S/c1-7-6-20-11(15-7)5-14-8-2-3-9-10(4-8)17-13(19)12(18)16-9/h2-4,6,14H,5H2,1H3,(H,16,18)(H,17,19). The zero-order valence-electron chi connectivity index (χ0n) is 10.7. The predicted molar refractivity (Wildman–Crippen MR) is 79.4 cm³/mol. The van der Waals surface area contributed by atoms with E-state index in [1.165, 1.54) is 0 Å². The predicted octanol–water partition coefficient (Wildman–Crippen LogP) is 1.59. The van der Waals surface area contributed by atoms with Crippen LogP contribution >= 0.6 is 11.3 Å². The molecule has 2 aromatic heterocycles. The number of aromatic nitrogens is 3. The second-order valence-electron chi connectivity index (χ2n) is 4.40. The van der Waals surface area contributed by atoms with E-state index in [4.69, 9.17) is 0 Å². The first-order valence-electron chi connectivity index (χ1n) is 6.03. The van der Waals surface area contributed by atoms with Crippen LogP contribution in [0.25, 0.3) is 11.0 Å². The molecule has 0 saturated carbocycles. The number of hydrogen-bond donors (Lipinski definition) is 3. The molecule has 0 amide bonds. The SMILES string of the molecule is Cc1csc(CNc2ccc3[nH]c(=O)c(=O)[nH]c3c2)n1. The number of nitrogens with zero attached hydrogens (tertiary/aromatic N) is 1. The Hall–Kier alpha value is -2.41. The van der Waals surface area contributed by atoms with Crippen molar-refractivity contribution in [3.05, 3.63) is 55.0 Å². The Labute approximate surface area is 117 Å². The molecule has 0 aliphatic rings. The summed E-state index contributed by atoms with van der Waals surface area (Å²) in [5.74, 6) is 0. The lowest BCUT2D eigenvalue weighted by Gasteiger charge is -2.05. The highest BCUT2D eigenvalue weighted by molar-refractivity contribution is 7.09. The summed E-state index contributed by atoms with van der Waals surface area (Å²) in [4.78, 5) is 31.9. The fraction of sp³-hybridized carbons (Fsp3) is 0.154. The van der Waals surface area contributed by atoms with Gasteiger partial charge in [0.15, 0.2) is 0 Å². The molecule has 3 rings (SSSR count). The molecular weight excluding hydrogens is 276 g/mol. The normalized spacial score (nSPS) is 10.8. The van der Waals surface area contributed by atoms with Crippen LogP contribution in [-0.4, -0.2) is 15.0 Å². The van der Waals surface area contributed by atoms with E-state index in [1.54, 1.807) is 23.5 Å². The second kappa shape index (κ2) is 4.93. The molecule has 2 heterocycles. The molecule has 20 heavy (non-hydrogen) atoms. The molecular formula is C13H12N4O2S. The number of fused-ring (bicyclic) bond motifs is 1. The zero-order chi connectivity index (χ0) is 14.1. The number of H-pyrrole nitrogens is 2. The number of hydrogen-bond acceptors (Lipinski definition) is 5. The molecule has 0 fully saturated rings. The zero-order valence-corrected chi connectivity index (χ0v) is 11.5. The van der Waals surface area contributed by atoms with E-state index in [0.29, 0.717) is 17.6 Å². The molecule has 1 aromatic carbocycles. The van der Waals surface area contributed by atoms with E-state index in [-0.39, 0.29) is 0 Å². The van der Waals surface area contributed by atoms with E-state index in [1.807, 2.05) is 18.4 Å². The van der Waals surface area contributed by atoms with E-state index in [9.17, 15) is 9.59 Å². The summed E-state index contributed by atoms with van der Waals surface area (Å²) in [6, 6.07) is 5.38. The van der Waals surface area contributed by atoms with E-state index < -0.39 is 11.1 Å². The van der Waals surface area contributed by atoms with Crippen LogP contribution in [0.2, 0.25) is 0 Å². The van der Waals surface area contributed by atoms with Crippen molar-refractivity contribution in [1.82, 2.24) is 15.0 Å². The molecule has 3 N–H and O–H groups in total. The molecule has 0 aliphatic carbocycles. The molecule has 6 nitrogen and oxygen atoms in total. The van der Waals surface area contributed by atoms with Gasteiger partial charge in [0.1, 0.15) is 5.01 Å². The van der Waals surface area contributed by atoms with Gasteiger partial charge in [-0.05, 0) is 25.1 Å². The highest BCUT2D eigenvalue weighted by Gasteiger charge is 2.02. The molecule has 7 heteroatoms. The van der Waals surface area contributed by atoms with Gasteiger partial charge in [0, 0.05) is 16.8 Å². The number of rotatable bonds is 3. The van der Waals surface area contributed by atoms with Crippen molar-refractivity contribution in [3.8, 4) is 0 Å². The van der Waals surface area contributed by atoms with Crippen molar-refractivity contribution < 1.29 is 0 Å². The maximum absolute atomic E-state index is 11.3. The summed E-state index contributed by atoms with van der Waals surface area (Å²) in [6.45, 7) is 2.58. The van der Waals surface area contributed by atoms with Crippen LogP contribution in [0.5, 0.6) is 0 Å². The first-order chi connectivity index (χ1) is 9.61. The van der Waals surface area contributed by atoms with Gasteiger partial charge in [-0.2, -0.15) is 0 Å². The monoisotopic (exact) mass is 288 g/mol. The number of aryl methyl sites for hydroxylation is 1. The maximum atomic E-state index is 11.3. The largest absolute Gasteiger partial charge is 0.378 e. The third-order valence-electron chi connectivity index (χ3n) is 2.83.